The van der Waals surface area contributed by atoms with E-state index in [1.165, 1.54) is 18.3 Å². The third-order valence-corrected chi connectivity index (χ3v) is 4.06. The van der Waals surface area contributed by atoms with Crippen molar-refractivity contribution in [1.29, 1.82) is 0 Å². The highest BCUT2D eigenvalue weighted by molar-refractivity contribution is 6.04. The lowest BCUT2D eigenvalue weighted by Gasteiger charge is -2.09. The van der Waals surface area contributed by atoms with Gasteiger partial charge in [-0.2, -0.15) is 0 Å². The summed E-state index contributed by atoms with van der Waals surface area (Å²) < 4.78 is 10.3. The van der Waals surface area contributed by atoms with Gasteiger partial charge < -0.3 is 30.2 Å². The van der Waals surface area contributed by atoms with E-state index < -0.39 is 23.3 Å². The molecule has 1 heterocycles. The van der Waals surface area contributed by atoms with Gasteiger partial charge >= 0.3 is 5.82 Å². The molecule has 2 amide bonds. The van der Waals surface area contributed by atoms with Crippen molar-refractivity contribution in [3.05, 3.63) is 82.5 Å². The van der Waals surface area contributed by atoms with Gasteiger partial charge in [0, 0.05) is 16.9 Å². The summed E-state index contributed by atoms with van der Waals surface area (Å²) in [6.45, 7) is -0.438. The normalized spacial score (nSPS) is 10.1. The van der Waals surface area contributed by atoms with E-state index in [0.29, 0.717) is 22.7 Å². The van der Waals surface area contributed by atoms with Crippen molar-refractivity contribution in [2.24, 2.45) is 0 Å². The van der Waals surface area contributed by atoms with Crippen LogP contribution in [-0.4, -0.2) is 35.4 Å². The number of rotatable bonds is 8. The second-order valence-electron chi connectivity index (χ2n) is 6.18. The van der Waals surface area contributed by atoms with Crippen molar-refractivity contribution in [3.8, 4) is 11.5 Å². The minimum atomic E-state index is -0.692. The maximum Gasteiger partial charge on any atom is 0.406 e. The SMILES string of the molecule is COc1ccc(NC(=O)c2ccc(NC(=O)COc3cccnc3[N+](=O)[O-])cc2)cc1. The number of hydrogen-bond acceptors (Lipinski definition) is 7. The smallest absolute Gasteiger partial charge is 0.406 e. The quantitative estimate of drug-likeness (QED) is 0.420. The monoisotopic (exact) mass is 422 g/mol. The van der Waals surface area contributed by atoms with E-state index in [1.807, 2.05) is 0 Å². The van der Waals surface area contributed by atoms with Gasteiger partial charge in [0.15, 0.2) is 6.61 Å². The second-order valence-corrected chi connectivity index (χ2v) is 6.18. The number of nitrogens with zero attached hydrogens (tertiary/aromatic N) is 2. The molecule has 2 aromatic carbocycles. The number of ether oxygens (including phenoxy) is 2. The van der Waals surface area contributed by atoms with Crippen LogP contribution in [0.4, 0.5) is 17.2 Å². The molecule has 0 atom stereocenters. The number of methoxy groups -OCH3 is 1. The molecule has 31 heavy (non-hydrogen) atoms. The molecule has 0 aliphatic heterocycles. The minimum Gasteiger partial charge on any atom is -0.497 e. The van der Waals surface area contributed by atoms with Gasteiger partial charge in [-0.05, 0) is 70.6 Å². The Labute approximate surface area is 177 Å². The molecule has 0 radical (unpaired) electrons. The largest absolute Gasteiger partial charge is 0.497 e. The Hall–Kier alpha value is -4.47. The maximum atomic E-state index is 12.3. The van der Waals surface area contributed by atoms with Gasteiger partial charge in [-0.3, -0.25) is 9.59 Å². The summed E-state index contributed by atoms with van der Waals surface area (Å²) in [6.07, 6.45) is 1.26. The number of amides is 2. The predicted octanol–water partition coefficient (Wildman–Crippen LogP) is 3.27. The fourth-order valence-electron chi connectivity index (χ4n) is 2.55. The summed E-state index contributed by atoms with van der Waals surface area (Å²) in [5.41, 5.74) is 1.45. The Bertz CT molecular complexity index is 1080. The first-order valence-electron chi connectivity index (χ1n) is 9.04. The van der Waals surface area contributed by atoms with Crippen LogP contribution in [-0.2, 0) is 4.79 Å². The zero-order chi connectivity index (χ0) is 22.2. The highest BCUT2D eigenvalue weighted by Gasteiger charge is 2.16. The topological polar surface area (TPSA) is 133 Å². The number of pyridine rings is 1. The number of nitro groups is 1. The van der Waals surface area contributed by atoms with Gasteiger partial charge in [-0.25, -0.2) is 0 Å². The average molecular weight is 422 g/mol. The number of carbonyl (C=O) groups is 2. The van der Waals surface area contributed by atoms with Crippen molar-refractivity contribution in [1.82, 2.24) is 4.98 Å². The third-order valence-electron chi connectivity index (χ3n) is 4.06. The van der Waals surface area contributed by atoms with Gasteiger partial charge in [-0.15, -0.1) is 0 Å². The van der Waals surface area contributed by atoms with Crippen LogP contribution in [0.5, 0.6) is 11.5 Å². The molecule has 0 bridgehead atoms. The molecule has 0 aliphatic rings. The van der Waals surface area contributed by atoms with Crippen LogP contribution in [0.2, 0.25) is 0 Å². The number of anilines is 2. The second kappa shape index (κ2) is 9.83. The first kappa shape index (κ1) is 21.2. The Morgan fingerprint density at radius 1 is 1.00 bits per heavy atom. The van der Waals surface area contributed by atoms with E-state index >= 15 is 0 Å². The minimum absolute atomic E-state index is 0.104. The molecular weight excluding hydrogens is 404 g/mol. The van der Waals surface area contributed by atoms with Crippen molar-refractivity contribution < 1.29 is 24.0 Å². The molecule has 0 saturated carbocycles. The zero-order valence-electron chi connectivity index (χ0n) is 16.4. The van der Waals surface area contributed by atoms with Crippen LogP contribution in [0.3, 0.4) is 0 Å². The molecule has 10 heteroatoms. The standard InChI is InChI=1S/C21H18N4O6/c1-30-17-10-8-16(9-11-17)24-21(27)14-4-6-15(7-5-14)23-19(26)13-31-18-3-2-12-22-20(18)25(28)29/h2-12H,13H2,1H3,(H,23,26)(H,24,27). The van der Waals surface area contributed by atoms with Crippen LogP contribution >= 0.6 is 0 Å². The van der Waals surface area contributed by atoms with Gasteiger partial charge in [0.05, 0.1) is 7.11 Å². The molecule has 2 N–H and O–H groups in total. The van der Waals surface area contributed by atoms with Gasteiger partial charge in [0.25, 0.3) is 11.8 Å². The van der Waals surface area contributed by atoms with Crippen LogP contribution < -0.4 is 20.1 Å². The highest BCUT2D eigenvalue weighted by Crippen LogP contribution is 2.23. The first-order valence-corrected chi connectivity index (χ1v) is 9.04. The molecule has 0 spiro atoms. The molecule has 3 aromatic rings. The fraction of sp³-hybridized carbons (Fsp3) is 0.0952. The van der Waals surface area contributed by atoms with Gasteiger partial charge in [-0.1, -0.05) is 0 Å². The van der Waals surface area contributed by atoms with Crippen LogP contribution in [0.1, 0.15) is 10.4 Å². The van der Waals surface area contributed by atoms with E-state index in [-0.39, 0.29) is 11.7 Å². The summed E-state index contributed by atoms with van der Waals surface area (Å²) in [4.78, 5) is 38.2. The average Bonchev–Trinajstić information content (AvgIpc) is 2.78. The van der Waals surface area contributed by atoms with Crippen LogP contribution in [0.15, 0.2) is 66.9 Å². The van der Waals surface area contributed by atoms with E-state index in [4.69, 9.17) is 9.47 Å². The Morgan fingerprint density at radius 2 is 1.65 bits per heavy atom. The number of aromatic nitrogens is 1. The predicted molar refractivity (Wildman–Crippen MR) is 112 cm³/mol. The fourth-order valence-corrected chi connectivity index (χ4v) is 2.55. The summed E-state index contributed by atoms with van der Waals surface area (Å²) in [6, 6.07) is 16.0. The molecule has 0 saturated heterocycles. The van der Waals surface area contributed by atoms with E-state index in [2.05, 4.69) is 15.6 Å². The maximum absolute atomic E-state index is 12.3. The first-order chi connectivity index (χ1) is 15.0. The Kier molecular flexibility index (Phi) is 6.74. The van der Waals surface area contributed by atoms with Gasteiger partial charge in [0.1, 0.15) is 11.9 Å². The van der Waals surface area contributed by atoms with Crippen LogP contribution in [0, 0.1) is 10.1 Å². The lowest BCUT2D eigenvalue weighted by Crippen LogP contribution is -2.20. The van der Waals surface area contributed by atoms with Crippen molar-refractivity contribution in [2.45, 2.75) is 0 Å². The number of hydrogen-bond donors (Lipinski definition) is 2. The molecule has 0 aliphatic carbocycles. The molecule has 1 aromatic heterocycles. The molecule has 158 valence electrons. The molecule has 0 unspecified atom stereocenters. The molecule has 3 rings (SSSR count). The Balaban J connectivity index is 1.54. The summed E-state index contributed by atoms with van der Waals surface area (Å²) >= 11 is 0. The molecular formula is C21H18N4O6. The van der Waals surface area contributed by atoms with Crippen LogP contribution in [0.25, 0.3) is 0 Å². The van der Waals surface area contributed by atoms with Crippen molar-refractivity contribution in [2.75, 3.05) is 24.4 Å². The summed E-state index contributed by atoms with van der Waals surface area (Å²) in [5, 5.41) is 16.3. The van der Waals surface area contributed by atoms with Crippen molar-refractivity contribution in [3.63, 3.8) is 0 Å². The number of benzene rings is 2. The summed E-state index contributed by atoms with van der Waals surface area (Å²) in [7, 11) is 1.56. The van der Waals surface area contributed by atoms with E-state index in [9.17, 15) is 19.7 Å². The van der Waals surface area contributed by atoms with E-state index in [1.54, 1.807) is 55.6 Å². The molecule has 0 fully saturated rings. The lowest BCUT2D eigenvalue weighted by molar-refractivity contribution is -0.390. The number of nitrogens with one attached hydrogen (secondary N) is 2. The Morgan fingerprint density at radius 3 is 2.29 bits per heavy atom. The van der Waals surface area contributed by atoms with E-state index in [0.717, 1.165) is 0 Å². The lowest BCUT2D eigenvalue weighted by atomic mass is 10.2. The zero-order valence-corrected chi connectivity index (χ0v) is 16.4. The van der Waals surface area contributed by atoms with Crippen molar-refractivity contribution >= 4 is 29.0 Å². The van der Waals surface area contributed by atoms with Gasteiger partial charge in [0.2, 0.25) is 5.75 Å². The highest BCUT2D eigenvalue weighted by atomic mass is 16.6. The third kappa shape index (κ3) is 5.76. The molecule has 10 nitrogen and oxygen atoms in total. The number of carbonyl (C=O) groups excluding carboxylic acids is 2. The summed E-state index contributed by atoms with van der Waals surface area (Å²) in [5.74, 6) is -0.722.